The first-order valence-corrected chi connectivity index (χ1v) is 13.6. The smallest absolute Gasteiger partial charge is 0.264 e. The number of hydrogen-bond acceptors (Lipinski definition) is 6. The molecule has 1 amide bonds. The second kappa shape index (κ2) is 13.1. The van der Waals surface area contributed by atoms with Gasteiger partial charge in [0.25, 0.3) is 15.9 Å². The number of rotatable bonds is 12. The lowest BCUT2D eigenvalue weighted by Crippen LogP contribution is -2.40. The van der Waals surface area contributed by atoms with Gasteiger partial charge >= 0.3 is 0 Å². The number of benzene rings is 3. The maximum Gasteiger partial charge on any atom is 0.264 e. The Morgan fingerprint density at radius 3 is 2.49 bits per heavy atom. The van der Waals surface area contributed by atoms with Crippen molar-refractivity contribution < 1.29 is 22.7 Å². The molecule has 3 aromatic rings. The fourth-order valence-electron chi connectivity index (χ4n) is 3.42. The molecular weight excluding hydrogens is 514 g/mol. The van der Waals surface area contributed by atoms with Gasteiger partial charge in [-0.3, -0.25) is 9.10 Å². The molecule has 0 fully saturated rings. The highest BCUT2D eigenvalue weighted by atomic mass is 35.5. The maximum atomic E-state index is 13.5. The van der Waals surface area contributed by atoms with Crippen molar-refractivity contribution in [2.75, 3.05) is 24.1 Å². The van der Waals surface area contributed by atoms with E-state index in [4.69, 9.17) is 21.1 Å². The standard InChI is InChI=1S/C27H30ClN3O5S/c1-4-15-36-25-14-12-21(16-26(25)35-5-2)18-29-30-27(32)19-31(24-17-22(28)13-11-20(24)3)37(33,34)23-9-7-6-8-10-23/h6-14,16-18H,4-5,15,19H2,1-3H3,(H,30,32)/b29-18+. The van der Waals surface area contributed by atoms with Crippen molar-refractivity contribution in [2.24, 2.45) is 5.10 Å². The molecule has 3 aromatic carbocycles. The van der Waals surface area contributed by atoms with Gasteiger partial charge in [-0.25, -0.2) is 13.8 Å². The number of nitrogens with one attached hydrogen (secondary N) is 1. The van der Waals surface area contributed by atoms with Crippen LogP contribution in [0.2, 0.25) is 5.02 Å². The normalized spacial score (nSPS) is 11.4. The van der Waals surface area contributed by atoms with Crippen LogP contribution in [-0.2, 0) is 14.8 Å². The van der Waals surface area contributed by atoms with Gasteiger partial charge in [-0.05, 0) is 73.9 Å². The fraction of sp³-hybridized carbons (Fsp3) is 0.259. The summed E-state index contributed by atoms with van der Waals surface area (Å²) in [7, 11) is -4.06. The molecule has 10 heteroatoms. The lowest BCUT2D eigenvalue weighted by Gasteiger charge is -2.25. The van der Waals surface area contributed by atoms with Crippen molar-refractivity contribution in [3.05, 3.63) is 82.9 Å². The third-order valence-electron chi connectivity index (χ3n) is 5.19. The van der Waals surface area contributed by atoms with Gasteiger partial charge < -0.3 is 9.47 Å². The van der Waals surface area contributed by atoms with Crippen LogP contribution < -0.4 is 19.2 Å². The Kier molecular flexibility index (Phi) is 9.93. The molecule has 0 saturated carbocycles. The topological polar surface area (TPSA) is 97.3 Å². The van der Waals surface area contributed by atoms with E-state index >= 15 is 0 Å². The zero-order valence-electron chi connectivity index (χ0n) is 21.0. The number of anilines is 1. The minimum atomic E-state index is -4.06. The van der Waals surface area contributed by atoms with E-state index in [-0.39, 0.29) is 4.90 Å². The summed E-state index contributed by atoms with van der Waals surface area (Å²) in [6, 6.07) is 18.1. The van der Waals surface area contributed by atoms with Crippen molar-refractivity contribution in [1.29, 1.82) is 0 Å². The predicted molar refractivity (Wildman–Crippen MR) is 146 cm³/mol. The average molecular weight is 544 g/mol. The molecule has 1 N–H and O–H groups in total. The number of carbonyl (C=O) groups is 1. The molecule has 0 bridgehead atoms. The van der Waals surface area contributed by atoms with E-state index in [1.165, 1.54) is 24.4 Å². The van der Waals surface area contributed by atoms with Crippen molar-refractivity contribution in [2.45, 2.75) is 32.1 Å². The van der Waals surface area contributed by atoms with Crippen LogP contribution in [0.1, 0.15) is 31.4 Å². The van der Waals surface area contributed by atoms with Gasteiger partial charge in [0, 0.05) is 5.02 Å². The Hall–Kier alpha value is -3.56. The summed E-state index contributed by atoms with van der Waals surface area (Å²) in [6.45, 7) is 6.18. The van der Waals surface area contributed by atoms with Crippen molar-refractivity contribution >= 4 is 39.4 Å². The van der Waals surface area contributed by atoms with Crippen molar-refractivity contribution in [3.8, 4) is 11.5 Å². The number of halogens is 1. The first kappa shape index (κ1) is 28.0. The molecule has 0 heterocycles. The summed E-state index contributed by atoms with van der Waals surface area (Å²) in [4.78, 5) is 12.9. The summed E-state index contributed by atoms with van der Waals surface area (Å²) in [6.07, 6.45) is 2.32. The van der Waals surface area contributed by atoms with E-state index in [9.17, 15) is 13.2 Å². The zero-order chi connectivity index (χ0) is 26.8. The summed E-state index contributed by atoms with van der Waals surface area (Å²) in [5.41, 5.74) is 4.03. The van der Waals surface area contributed by atoms with E-state index in [1.807, 2.05) is 13.8 Å². The number of amides is 1. The summed E-state index contributed by atoms with van der Waals surface area (Å²) >= 11 is 6.15. The third kappa shape index (κ3) is 7.47. The Labute approximate surface area is 222 Å². The highest BCUT2D eigenvalue weighted by Gasteiger charge is 2.28. The summed E-state index contributed by atoms with van der Waals surface area (Å²) in [5, 5.41) is 4.36. The zero-order valence-corrected chi connectivity index (χ0v) is 22.6. The summed E-state index contributed by atoms with van der Waals surface area (Å²) in [5.74, 6) is 0.578. The molecule has 0 aromatic heterocycles. The Morgan fingerprint density at radius 2 is 1.78 bits per heavy atom. The maximum absolute atomic E-state index is 13.5. The SMILES string of the molecule is CCCOc1ccc(/C=N/NC(=O)CN(c2cc(Cl)ccc2C)S(=O)(=O)c2ccccc2)cc1OCC. The molecule has 8 nitrogen and oxygen atoms in total. The van der Waals surface area contributed by atoms with Gasteiger partial charge in [0.15, 0.2) is 11.5 Å². The molecule has 196 valence electrons. The van der Waals surface area contributed by atoms with E-state index in [2.05, 4.69) is 10.5 Å². The predicted octanol–water partition coefficient (Wildman–Crippen LogP) is 5.18. The second-order valence-electron chi connectivity index (χ2n) is 8.04. The van der Waals surface area contributed by atoms with Gasteiger partial charge in [-0.1, -0.05) is 42.8 Å². The second-order valence-corrected chi connectivity index (χ2v) is 10.3. The third-order valence-corrected chi connectivity index (χ3v) is 7.20. The first-order chi connectivity index (χ1) is 17.8. The van der Waals surface area contributed by atoms with Gasteiger partial charge in [-0.2, -0.15) is 5.10 Å². The minimum absolute atomic E-state index is 0.0551. The highest BCUT2D eigenvalue weighted by Crippen LogP contribution is 2.30. The largest absolute Gasteiger partial charge is 0.490 e. The Morgan fingerprint density at radius 1 is 1.03 bits per heavy atom. The van der Waals surface area contributed by atoms with Gasteiger partial charge in [0.05, 0.1) is 30.0 Å². The van der Waals surface area contributed by atoms with E-state index in [0.717, 1.165) is 10.7 Å². The highest BCUT2D eigenvalue weighted by molar-refractivity contribution is 7.92. The fourth-order valence-corrected chi connectivity index (χ4v) is 5.08. The Bertz CT molecular complexity index is 1350. The lowest BCUT2D eigenvalue weighted by molar-refractivity contribution is -0.119. The van der Waals surface area contributed by atoms with Crippen LogP contribution in [-0.4, -0.2) is 40.3 Å². The van der Waals surface area contributed by atoms with Crippen molar-refractivity contribution in [3.63, 3.8) is 0 Å². The molecule has 0 aliphatic rings. The average Bonchev–Trinajstić information content (AvgIpc) is 2.89. The van der Waals surface area contributed by atoms with Crippen LogP contribution in [0, 0.1) is 6.92 Å². The number of carbonyl (C=O) groups excluding carboxylic acids is 1. The molecule has 0 aliphatic heterocycles. The molecule has 0 aliphatic carbocycles. The van der Waals surface area contributed by atoms with Crippen LogP contribution in [0.4, 0.5) is 5.69 Å². The number of nitrogens with zero attached hydrogens (tertiary/aromatic N) is 2. The van der Waals surface area contributed by atoms with E-state index in [0.29, 0.717) is 46.5 Å². The molecule has 0 radical (unpaired) electrons. The number of ether oxygens (including phenoxy) is 2. The number of hydrazone groups is 1. The summed E-state index contributed by atoms with van der Waals surface area (Å²) < 4.78 is 39.3. The van der Waals surface area contributed by atoms with Crippen LogP contribution in [0.15, 0.2) is 76.7 Å². The monoisotopic (exact) mass is 543 g/mol. The molecule has 0 atom stereocenters. The Balaban J connectivity index is 1.81. The number of hydrogen-bond donors (Lipinski definition) is 1. The molecule has 0 saturated heterocycles. The van der Waals surface area contributed by atoms with Gasteiger partial charge in [0.2, 0.25) is 0 Å². The van der Waals surface area contributed by atoms with Crippen LogP contribution in [0.3, 0.4) is 0 Å². The molecule has 3 rings (SSSR count). The first-order valence-electron chi connectivity index (χ1n) is 11.8. The minimum Gasteiger partial charge on any atom is -0.490 e. The quantitative estimate of drug-likeness (QED) is 0.251. The van der Waals surface area contributed by atoms with Gasteiger partial charge in [-0.15, -0.1) is 0 Å². The van der Waals surface area contributed by atoms with Crippen LogP contribution in [0.5, 0.6) is 11.5 Å². The van der Waals surface area contributed by atoms with E-state index < -0.39 is 22.5 Å². The molecule has 0 spiro atoms. The molecule has 37 heavy (non-hydrogen) atoms. The number of sulfonamides is 1. The molecule has 0 unspecified atom stereocenters. The molecular formula is C27H30ClN3O5S. The lowest BCUT2D eigenvalue weighted by atomic mass is 10.2. The van der Waals surface area contributed by atoms with Crippen LogP contribution >= 0.6 is 11.6 Å². The number of aryl methyl sites for hydroxylation is 1. The van der Waals surface area contributed by atoms with Crippen molar-refractivity contribution in [1.82, 2.24) is 5.43 Å². The van der Waals surface area contributed by atoms with Gasteiger partial charge in [0.1, 0.15) is 6.54 Å². The van der Waals surface area contributed by atoms with Crippen LogP contribution in [0.25, 0.3) is 0 Å². The van der Waals surface area contributed by atoms with E-state index in [1.54, 1.807) is 55.5 Å².